The van der Waals surface area contributed by atoms with Crippen molar-refractivity contribution in [2.45, 2.75) is 39.0 Å². The molecular weight excluding hydrogens is 424 g/mol. The van der Waals surface area contributed by atoms with E-state index in [-0.39, 0.29) is 31.5 Å². The standard InChI is InChI=1S/C25H32N2O6/c1-19(12-13-26-25(31)33-17-21-10-6-3-7-11-21)14-24(30)27-22(23(29)15-28)18-32-16-20-8-4-2-5-9-20/h2-11,19,22,28H,12-18H2,1H3,(H,26,31)(H,27,30). The molecule has 0 saturated heterocycles. The van der Waals surface area contributed by atoms with Crippen LogP contribution < -0.4 is 10.6 Å². The maximum atomic E-state index is 12.4. The summed E-state index contributed by atoms with van der Waals surface area (Å²) in [5.74, 6) is -0.856. The number of carbonyl (C=O) groups excluding carboxylic acids is 3. The molecule has 0 radical (unpaired) electrons. The SMILES string of the molecule is CC(CCNC(=O)OCc1ccccc1)CC(=O)NC(COCc1ccccc1)C(=O)CO. The maximum absolute atomic E-state index is 12.4. The minimum absolute atomic E-state index is 0.0246. The Hall–Kier alpha value is -3.23. The van der Waals surface area contributed by atoms with Crippen molar-refractivity contribution in [2.24, 2.45) is 5.92 Å². The fourth-order valence-corrected chi connectivity index (χ4v) is 3.06. The van der Waals surface area contributed by atoms with Gasteiger partial charge in [0.2, 0.25) is 5.91 Å². The molecule has 3 N–H and O–H groups in total. The van der Waals surface area contributed by atoms with Crippen LogP contribution in [-0.2, 0) is 32.3 Å². The molecular formula is C25H32N2O6. The molecule has 2 aromatic rings. The number of nitrogens with one attached hydrogen (secondary N) is 2. The number of ether oxygens (including phenoxy) is 2. The molecule has 2 atom stereocenters. The lowest BCUT2D eigenvalue weighted by Gasteiger charge is -2.19. The molecule has 178 valence electrons. The zero-order chi connectivity index (χ0) is 23.9. The van der Waals surface area contributed by atoms with Crippen molar-refractivity contribution < 1.29 is 29.0 Å². The van der Waals surface area contributed by atoms with Gasteiger partial charge < -0.3 is 25.2 Å². The van der Waals surface area contributed by atoms with E-state index in [1.807, 2.05) is 67.6 Å². The molecule has 2 unspecified atom stereocenters. The third-order valence-corrected chi connectivity index (χ3v) is 4.93. The van der Waals surface area contributed by atoms with E-state index in [1.165, 1.54) is 0 Å². The van der Waals surface area contributed by atoms with E-state index in [1.54, 1.807) is 0 Å². The van der Waals surface area contributed by atoms with E-state index in [4.69, 9.17) is 9.47 Å². The lowest BCUT2D eigenvalue weighted by Crippen LogP contribution is -2.45. The van der Waals surface area contributed by atoms with E-state index < -0.39 is 24.5 Å². The highest BCUT2D eigenvalue weighted by atomic mass is 16.5. The van der Waals surface area contributed by atoms with Gasteiger partial charge in [0, 0.05) is 13.0 Å². The lowest BCUT2D eigenvalue weighted by atomic mass is 10.0. The van der Waals surface area contributed by atoms with Crippen molar-refractivity contribution >= 4 is 17.8 Å². The number of hydrogen-bond acceptors (Lipinski definition) is 6. The van der Waals surface area contributed by atoms with E-state index in [0.717, 1.165) is 11.1 Å². The minimum Gasteiger partial charge on any atom is -0.445 e. The Labute approximate surface area is 194 Å². The molecule has 0 fully saturated rings. The molecule has 0 spiro atoms. The molecule has 0 aliphatic heterocycles. The Bertz CT molecular complexity index is 860. The van der Waals surface area contributed by atoms with Crippen LogP contribution >= 0.6 is 0 Å². The number of Topliss-reactive ketones (excluding diaryl/α,β-unsaturated/α-hetero) is 1. The van der Waals surface area contributed by atoms with Gasteiger partial charge in [-0.15, -0.1) is 0 Å². The second-order valence-corrected chi connectivity index (χ2v) is 7.83. The van der Waals surface area contributed by atoms with Crippen LogP contribution in [0.3, 0.4) is 0 Å². The van der Waals surface area contributed by atoms with E-state index in [0.29, 0.717) is 19.6 Å². The third-order valence-electron chi connectivity index (χ3n) is 4.93. The summed E-state index contributed by atoms with van der Waals surface area (Å²) in [6.07, 6.45) is 0.227. The fraction of sp³-hybridized carbons (Fsp3) is 0.400. The largest absolute Gasteiger partial charge is 0.445 e. The Morgan fingerprint density at radius 2 is 1.55 bits per heavy atom. The Morgan fingerprint density at radius 3 is 2.15 bits per heavy atom. The predicted molar refractivity (Wildman–Crippen MR) is 123 cm³/mol. The van der Waals surface area contributed by atoms with Crippen LogP contribution in [0.4, 0.5) is 4.79 Å². The van der Waals surface area contributed by atoms with Crippen LogP contribution in [0, 0.1) is 5.92 Å². The molecule has 0 saturated carbocycles. The summed E-state index contributed by atoms with van der Waals surface area (Å²) in [6.45, 7) is 2.03. The Kier molecular flexibility index (Phi) is 11.6. The summed E-state index contributed by atoms with van der Waals surface area (Å²) in [5.41, 5.74) is 1.85. The van der Waals surface area contributed by atoms with Gasteiger partial charge in [-0.2, -0.15) is 0 Å². The summed E-state index contributed by atoms with van der Waals surface area (Å²) in [6, 6.07) is 17.9. The zero-order valence-electron chi connectivity index (χ0n) is 18.9. The normalized spacial score (nSPS) is 12.4. The van der Waals surface area contributed by atoms with Crippen LogP contribution in [-0.4, -0.2) is 48.7 Å². The van der Waals surface area contributed by atoms with E-state index in [9.17, 15) is 19.5 Å². The van der Waals surface area contributed by atoms with Crippen LogP contribution in [0.5, 0.6) is 0 Å². The molecule has 2 amide bonds. The van der Waals surface area contributed by atoms with Gasteiger partial charge in [-0.05, 0) is 23.5 Å². The molecule has 0 aromatic heterocycles. The topological polar surface area (TPSA) is 114 Å². The number of amides is 2. The van der Waals surface area contributed by atoms with Crippen molar-refractivity contribution in [3.8, 4) is 0 Å². The van der Waals surface area contributed by atoms with Crippen molar-refractivity contribution in [1.82, 2.24) is 10.6 Å². The second kappa shape index (κ2) is 14.8. The first kappa shape index (κ1) is 26.0. The van der Waals surface area contributed by atoms with E-state index in [2.05, 4.69) is 10.6 Å². The van der Waals surface area contributed by atoms with Gasteiger partial charge in [-0.1, -0.05) is 67.6 Å². The number of carbonyl (C=O) groups is 3. The number of alkyl carbamates (subject to hydrolysis) is 1. The van der Waals surface area contributed by atoms with Gasteiger partial charge in [-0.3, -0.25) is 9.59 Å². The van der Waals surface area contributed by atoms with Gasteiger partial charge in [-0.25, -0.2) is 4.79 Å². The van der Waals surface area contributed by atoms with Gasteiger partial charge in [0.15, 0.2) is 5.78 Å². The first-order chi connectivity index (χ1) is 16.0. The molecule has 0 aliphatic carbocycles. The van der Waals surface area contributed by atoms with Crippen molar-refractivity contribution in [3.63, 3.8) is 0 Å². The fourth-order valence-electron chi connectivity index (χ4n) is 3.06. The molecule has 0 heterocycles. The molecule has 8 heteroatoms. The Balaban J connectivity index is 1.66. The highest BCUT2D eigenvalue weighted by molar-refractivity contribution is 5.89. The number of aliphatic hydroxyl groups is 1. The van der Waals surface area contributed by atoms with Crippen LogP contribution in [0.25, 0.3) is 0 Å². The molecule has 8 nitrogen and oxygen atoms in total. The van der Waals surface area contributed by atoms with Crippen LogP contribution in [0.15, 0.2) is 60.7 Å². The van der Waals surface area contributed by atoms with Gasteiger partial charge in [0.1, 0.15) is 19.3 Å². The van der Waals surface area contributed by atoms with Gasteiger partial charge in [0.05, 0.1) is 13.2 Å². The molecule has 2 aromatic carbocycles. The predicted octanol–water partition coefficient (Wildman–Crippen LogP) is 2.59. The van der Waals surface area contributed by atoms with E-state index >= 15 is 0 Å². The summed E-state index contributed by atoms with van der Waals surface area (Å²) < 4.78 is 10.7. The third kappa shape index (κ3) is 10.8. The molecule has 0 aliphatic rings. The number of ketones is 1. The van der Waals surface area contributed by atoms with Crippen molar-refractivity contribution in [3.05, 3.63) is 71.8 Å². The number of hydrogen-bond donors (Lipinski definition) is 3. The van der Waals surface area contributed by atoms with Crippen molar-refractivity contribution in [1.29, 1.82) is 0 Å². The lowest BCUT2D eigenvalue weighted by molar-refractivity contribution is -0.131. The first-order valence-electron chi connectivity index (χ1n) is 11.0. The smallest absolute Gasteiger partial charge is 0.407 e. The average molecular weight is 457 g/mol. The second-order valence-electron chi connectivity index (χ2n) is 7.83. The highest BCUT2D eigenvalue weighted by Crippen LogP contribution is 2.08. The number of aliphatic hydroxyl groups excluding tert-OH is 1. The highest BCUT2D eigenvalue weighted by Gasteiger charge is 2.21. The summed E-state index contributed by atoms with van der Waals surface area (Å²) in [4.78, 5) is 36.1. The Morgan fingerprint density at radius 1 is 0.939 bits per heavy atom. The zero-order valence-corrected chi connectivity index (χ0v) is 18.9. The monoisotopic (exact) mass is 456 g/mol. The summed E-state index contributed by atoms with van der Waals surface area (Å²) in [7, 11) is 0. The molecule has 33 heavy (non-hydrogen) atoms. The average Bonchev–Trinajstić information content (AvgIpc) is 2.83. The van der Waals surface area contributed by atoms with Gasteiger partial charge in [0.25, 0.3) is 0 Å². The first-order valence-corrected chi connectivity index (χ1v) is 11.0. The summed E-state index contributed by atoms with van der Waals surface area (Å²) in [5, 5.41) is 14.5. The van der Waals surface area contributed by atoms with Gasteiger partial charge >= 0.3 is 6.09 Å². The number of rotatable bonds is 14. The number of benzene rings is 2. The van der Waals surface area contributed by atoms with Crippen LogP contribution in [0.1, 0.15) is 30.9 Å². The quantitative estimate of drug-likeness (QED) is 0.403. The summed E-state index contributed by atoms with van der Waals surface area (Å²) >= 11 is 0. The van der Waals surface area contributed by atoms with Crippen molar-refractivity contribution in [2.75, 3.05) is 19.8 Å². The van der Waals surface area contributed by atoms with Crippen LogP contribution in [0.2, 0.25) is 0 Å². The maximum Gasteiger partial charge on any atom is 0.407 e. The molecule has 2 rings (SSSR count). The molecule has 0 bridgehead atoms. The minimum atomic E-state index is -0.912.